The van der Waals surface area contributed by atoms with Crippen LogP contribution < -0.4 is 0 Å². The third-order valence-electron chi connectivity index (χ3n) is 3.85. The first kappa shape index (κ1) is 16.3. The maximum absolute atomic E-state index is 4.80. The number of aromatic nitrogens is 1. The third-order valence-corrected chi connectivity index (χ3v) is 6.12. The molecule has 1 aromatic heterocycles. The highest BCUT2D eigenvalue weighted by Crippen LogP contribution is 2.29. The zero-order valence-electron chi connectivity index (χ0n) is 13.8. The fourth-order valence-electron chi connectivity index (χ4n) is 2.55. The Kier molecular flexibility index (Phi) is 5.19. The number of hydrogen-bond donors (Lipinski definition) is 0. The molecule has 0 atom stereocenters. The van der Waals surface area contributed by atoms with Crippen LogP contribution in [0.1, 0.15) is 33.0 Å². The summed E-state index contributed by atoms with van der Waals surface area (Å²) in [6.07, 6.45) is 0.930. The van der Waals surface area contributed by atoms with E-state index >= 15 is 0 Å². The van der Waals surface area contributed by atoms with Crippen molar-refractivity contribution in [3.63, 3.8) is 0 Å². The summed E-state index contributed by atoms with van der Waals surface area (Å²) in [6, 6.07) is 15.2. The Balaban J connectivity index is 1.64. The van der Waals surface area contributed by atoms with Gasteiger partial charge in [0, 0.05) is 22.4 Å². The van der Waals surface area contributed by atoms with Gasteiger partial charge in [-0.1, -0.05) is 48.0 Å². The minimum absolute atomic E-state index is 0.930. The van der Waals surface area contributed by atoms with Gasteiger partial charge in [-0.05, 0) is 37.5 Å². The molecule has 0 unspecified atom stereocenters. The molecule has 0 fully saturated rings. The first-order chi connectivity index (χ1) is 11.1. The molecule has 1 nitrogen and oxygen atoms in total. The summed E-state index contributed by atoms with van der Waals surface area (Å²) < 4.78 is 0. The lowest BCUT2D eigenvalue weighted by atomic mass is 10.1. The van der Waals surface area contributed by atoms with Crippen molar-refractivity contribution in [1.82, 2.24) is 4.98 Å². The van der Waals surface area contributed by atoms with Gasteiger partial charge in [-0.15, -0.1) is 23.1 Å². The van der Waals surface area contributed by atoms with Crippen LogP contribution in [-0.4, -0.2) is 4.98 Å². The quantitative estimate of drug-likeness (QED) is 0.533. The van der Waals surface area contributed by atoms with Crippen molar-refractivity contribution >= 4 is 23.1 Å². The second kappa shape index (κ2) is 7.33. The van der Waals surface area contributed by atoms with Crippen LogP contribution in [0.4, 0.5) is 0 Å². The second-order valence-corrected chi connectivity index (χ2v) is 7.83. The summed E-state index contributed by atoms with van der Waals surface area (Å²) in [5.74, 6) is 0.941. The minimum Gasteiger partial charge on any atom is -0.245 e. The first-order valence-electron chi connectivity index (χ1n) is 7.79. The maximum Gasteiger partial charge on any atom is 0.0972 e. The van der Waals surface area contributed by atoms with E-state index in [9.17, 15) is 0 Å². The van der Waals surface area contributed by atoms with Crippen molar-refractivity contribution in [2.75, 3.05) is 0 Å². The van der Waals surface area contributed by atoms with E-state index in [0.29, 0.717) is 0 Å². The van der Waals surface area contributed by atoms with Crippen molar-refractivity contribution in [3.8, 4) is 0 Å². The predicted octanol–water partition coefficient (Wildman–Crippen LogP) is 5.95. The molecule has 3 aromatic rings. The Morgan fingerprint density at radius 3 is 2.35 bits per heavy atom. The molecular formula is C20H21NS2. The van der Waals surface area contributed by atoms with Gasteiger partial charge in [-0.25, -0.2) is 4.98 Å². The largest absolute Gasteiger partial charge is 0.245 e. The molecule has 0 spiro atoms. The molecule has 0 N–H and O–H groups in total. The van der Waals surface area contributed by atoms with E-state index in [-0.39, 0.29) is 0 Å². The van der Waals surface area contributed by atoms with Crippen molar-refractivity contribution in [1.29, 1.82) is 0 Å². The summed E-state index contributed by atoms with van der Waals surface area (Å²) in [5, 5.41) is 3.40. The average Bonchev–Trinajstić information content (AvgIpc) is 2.97. The summed E-state index contributed by atoms with van der Waals surface area (Å²) in [6.45, 7) is 6.48. The van der Waals surface area contributed by atoms with E-state index in [4.69, 9.17) is 4.98 Å². The van der Waals surface area contributed by atoms with Crippen molar-refractivity contribution < 1.29 is 0 Å². The van der Waals surface area contributed by atoms with Crippen LogP contribution in [0.5, 0.6) is 0 Å². The summed E-state index contributed by atoms with van der Waals surface area (Å²) in [4.78, 5) is 6.19. The molecule has 3 heteroatoms. The van der Waals surface area contributed by atoms with E-state index < -0.39 is 0 Å². The van der Waals surface area contributed by atoms with E-state index in [0.717, 1.165) is 12.2 Å². The average molecular weight is 340 g/mol. The highest BCUT2D eigenvalue weighted by Gasteiger charge is 2.07. The highest BCUT2D eigenvalue weighted by atomic mass is 32.2. The molecule has 0 bridgehead atoms. The fourth-order valence-corrected chi connectivity index (χ4v) is 4.52. The van der Waals surface area contributed by atoms with E-state index in [2.05, 4.69) is 68.6 Å². The van der Waals surface area contributed by atoms with Crippen LogP contribution in [0.25, 0.3) is 0 Å². The number of nitrogens with zero attached hydrogens (tertiary/aromatic N) is 1. The van der Waals surface area contributed by atoms with E-state index in [1.165, 1.54) is 37.9 Å². The molecule has 0 saturated heterocycles. The summed E-state index contributed by atoms with van der Waals surface area (Å²) >= 11 is 3.66. The number of benzene rings is 2. The molecular weight excluding hydrogens is 318 g/mol. The van der Waals surface area contributed by atoms with Crippen molar-refractivity contribution in [2.45, 2.75) is 37.8 Å². The fraction of sp³-hybridized carbons (Fsp3) is 0.250. The van der Waals surface area contributed by atoms with Gasteiger partial charge in [0.1, 0.15) is 0 Å². The third kappa shape index (κ3) is 4.24. The smallest absolute Gasteiger partial charge is 0.0972 e. The van der Waals surface area contributed by atoms with Crippen LogP contribution in [-0.2, 0) is 12.2 Å². The lowest BCUT2D eigenvalue weighted by molar-refractivity contribution is 1.09. The number of aryl methyl sites for hydroxylation is 3. The van der Waals surface area contributed by atoms with Gasteiger partial charge in [0.15, 0.2) is 0 Å². The minimum atomic E-state index is 0.930. The second-order valence-electron chi connectivity index (χ2n) is 5.90. The van der Waals surface area contributed by atoms with Crippen molar-refractivity contribution in [2.24, 2.45) is 0 Å². The summed E-state index contributed by atoms with van der Waals surface area (Å²) in [5.41, 5.74) is 6.53. The van der Waals surface area contributed by atoms with E-state index in [1.807, 2.05) is 11.8 Å². The predicted molar refractivity (Wildman–Crippen MR) is 102 cm³/mol. The highest BCUT2D eigenvalue weighted by molar-refractivity contribution is 7.98. The molecule has 0 aliphatic rings. The SMILES string of the molecule is Cc1ccc(Cc2nc(CSc3c(C)cccc3C)cs2)cc1. The van der Waals surface area contributed by atoms with Crippen LogP contribution in [0.2, 0.25) is 0 Å². The molecule has 23 heavy (non-hydrogen) atoms. The molecule has 0 radical (unpaired) electrons. The molecule has 2 aromatic carbocycles. The van der Waals surface area contributed by atoms with Gasteiger partial charge in [0.2, 0.25) is 0 Å². The molecule has 118 valence electrons. The van der Waals surface area contributed by atoms with Gasteiger partial charge < -0.3 is 0 Å². The Hall–Kier alpha value is -1.58. The first-order valence-corrected chi connectivity index (χ1v) is 9.66. The topological polar surface area (TPSA) is 12.9 Å². The molecule has 1 heterocycles. The standard InChI is InChI=1S/C20H21NS2/c1-14-7-9-17(10-8-14)11-19-21-18(12-22-19)13-23-20-15(2)5-4-6-16(20)3/h4-10,12H,11,13H2,1-3H3. The van der Waals surface area contributed by atoms with Gasteiger partial charge >= 0.3 is 0 Å². The normalized spacial score (nSPS) is 10.9. The van der Waals surface area contributed by atoms with Crippen LogP contribution >= 0.6 is 23.1 Å². The zero-order chi connectivity index (χ0) is 16.2. The van der Waals surface area contributed by atoms with Gasteiger partial charge in [0.05, 0.1) is 10.7 Å². The zero-order valence-corrected chi connectivity index (χ0v) is 15.4. The molecule has 0 aliphatic carbocycles. The van der Waals surface area contributed by atoms with Gasteiger partial charge in [-0.3, -0.25) is 0 Å². The van der Waals surface area contributed by atoms with Gasteiger partial charge in [-0.2, -0.15) is 0 Å². The molecule has 0 amide bonds. The number of rotatable bonds is 5. The molecule has 3 rings (SSSR count). The van der Waals surface area contributed by atoms with Gasteiger partial charge in [0.25, 0.3) is 0 Å². The molecule has 0 aliphatic heterocycles. The monoisotopic (exact) mass is 339 g/mol. The van der Waals surface area contributed by atoms with Crippen LogP contribution in [0.3, 0.4) is 0 Å². The lowest BCUT2D eigenvalue weighted by Gasteiger charge is -2.07. The number of thioether (sulfide) groups is 1. The Bertz CT molecular complexity index is 767. The van der Waals surface area contributed by atoms with Crippen molar-refractivity contribution in [3.05, 3.63) is 80.8 Å². The Labute approximate surface area is 146 Å². The Morgan fingerprint density at radius 1 is 0.957 bits per heavy atom. The van der Waals surface area contributed by atoms with Crippen LogP contribution in [0, 0.1) is 20.8 Å². The number of thiazole rings is 1. The van der Waals surface area contributed by atoms with E-state index in [1.54, 1.807) is 11.3 Å². The number of hydrogen-bond acceptors (Lipinski definition) is 3. The summed E-state index contributed by atoms with van der Waals surface area (Å²) in [7, 11) is 0. The lowest BCUT2D eigenvalue weighted by Crippen LogP contribution is -1.90. The van der Waals surface area contributed by atoms with Crippen LogP contribution in [0.15, 0.2) is 52.7 Å². The Morgan fingerprint density at radius 2 is 1.65 bits per heavy atom. The maximum atomic E-state index is 4.80. The molecule has 0 saturated carbocycles.